The van der Waals surface area contributed by atoms with Gasteiger partial charge in [0, 0.05) is 49.6 Å². The zero-order valence-corrected chi connectivity index (χ0v) is 19.9. The largest absolute Gasteiger partial charge is 0.504 e. The molecule has 1 unspecified atom stereocenters. The number of aromatic hydroxyl groups is 1. The monoisotopic (exact) mass is 452 g/mol. The number of nitrogens with zero attached hydrogens (tertiary/aromatic N) is 4. The molecule has 4 N–H and O–H groups in total. The van der Waals surface area contributed by atoms with Crippen LogP contribution in [0.3, 0.4) is 0 Å². The van der Waals surface area contributed by atoms with Crippen LogP contribution in [0.25, 0.3) is 22.3 Å². The number of halogens is 1. The Hall–Kier alpha value is -3.26. The van der Waals surface area contributed by atoms with Gasteiger partial charge in [-0.15, -0.1) is 0 Å². The summed E-state index contributed by atoms with van der Waals surface area (Å²) in [6.45, 7) is 10.2. The Labute approximate surface area is 194 Å². The highest BCUT2D eigenvalue weighted by molar-refractivity contribution is 5.91. The molecule has 4 rings (SSSR count). The average Bonchev–Trinajstić information content (AvgIpc) is 3.28. The van der Waals surface area contributed by atoms with Crippen molar-refractivity contribution in [2.24, 2.45) is 4.99 Å². The molecule has 176 valence electrons. The van der Waals surface area contributed by atoms with Gasteiger partial charge >= 0.3 is 0 Å². The number of fused-ring (bicyclic) bond motifs is 1. The van der Waals surface area contributed by atoms with E-state index in [-0.39, 0.29) is 11.3 Å². The van der Waals surface area contributed by atoms with E-state index < -0.39 is 11.6 Å². The molecule has 2 aromatic heterocycles. The average molecular weight is 453 g/mol. The third kappa shape index (κ3) is 5.22. The van der Waals surface area contributed by atoms with Crippen molar-refractivity contribution in [2.45, 2.75) is 46.2 Å². The lowest BCUT2D eigenvalue weighted by Gasteiger charge is -2.19. The Bertz CT molecular complexity index is 1150. The maximum Gasteiger partial charge on any atom is 0.189 e. The fourth-order valence-electron chi connectivity index (χ4n) is 4.02. The minimum absolute atomic E-state index is 0.144. The van der Waals surface area contributed by atoms with Crippen LogP contribution in [0.5, 0.6) is 5.75 Å². The van der Waals surface area contributed by atoms with Crippen LogP contribution in [0.2, 0.25) is 0 Å². The van der Waals surface area contributed by atoms with E-state index in [1.165, 1.54) is 6.21 Å². The Morgan fingerprint density at radius 2 is 1.91 bits per heavy atom. The topological polar surface area (TPSA) is 99.7 Å². The van der Waals surface area contributed by atoms with E-state index in [2.05, 4.69) is 34.0 Å². The van der Waals surface area contributed by atoms with E-state index in [1.807, 2.05) is 32.0 Å². The molecule has 3 aromatic rings. The first kappa shape index (κ1) is 24.4. The number of aromatic nitrogens is 2. The second kappa shape index (κ2) is 10.6. The zero-order chi connectivity index (χ0) is 24.1. The van der Waals surface area contributed by atoms with Gasteiger partial charge in [0.15, 0.2) is 11.6 Å². The molecule has 7 nitrogen and oxygen atoms in total. The number of nitrogens with one attached hydrogen (secondary N) is 1. The van der Waals surface area contributed by atoms with Crippen molar-refractivity contribution in [3.05, 3.63) is 41.7 Å². The maximum atomic E-state index is 14.4. The van der Waals surface area contributed by atoms with Crippen molar-refractivity contribution in [3.63, 3.8) is 0 Å². The van der Waals surface area contributed by atoms with Gasteiger partial charge in [0.1, 0.15) is 5.82 Å². The van der Waals surface area contributed by atoms with Crippen molar-refractivity contribution in [2.75, 3.05) is 30.8 Å². The van der Waals surface area contributed by atoms with Crippen molar-refractivity contribution >= 4 is 28.8 Å². The predicted molar refractivity (Wildman–Crippen MR) is 135 cm³/mol. The molecule has 1 saturated heterocycles. The molecule has 0 spiro atoms. The molecule has 0 saturated carbocycles. The van der Waals surface area contributed by atoms with Crippen LogP contribution < -0.4 is 16.0 Å². The van der Waals surface area contributed by atoms with Gasteiger partial charge in [-0.25, -0.2) is 14.4 Å². The standard InChI is InChI=1S/C23H27FN6O.C2H6/c1-13(2)27-15-8-9-30(12-15)20-7-6-18-19(29-20)5-4-17(28-18)16-10-14(11-26-3)22(25)21(24)23(16)31;1-2/h4-7,10-11,13,15,27,31H,8-9,12,25H2,1-3H3;1-2H3. The summed E-state index contributed by atoms with van der Waals surface area (Å²) in [6.07, 6.45) is 2.54. The predicted octanol–water partition coefficient (Wildman–Crippen LogP) is 4.38. The summed E-state index contributed by atoms with van der Waals surface area (Å²) in [5.74, 6) is -0.484. The van der Waals surface area contributed by atoms with Crippen LogP contribution in [-0.4, -0.2) is 53.5 Å². The number of aliphatic imine (C=N–C) groups is 1. The molecular weight excluding hydrogens is 419 g/mol. The van der Waals surface area contributed by atoms with Gasteiger partial charge in [-0.2, -0.15) is 0 Å². The van der Waals surface area contributed by atoms with Gasteiger partial charge in [-0.05, 0) is 36.8 Å². The highest BCUT2D eigenvalue weighted by Crippen LogP contribution is 2.36. The molecule has 8 heteroatoms. The first-order chi connectivity index (χ1) is 15.9. The van der Waals surface area contributed by atoms with Gasteiger partial charge in [0.25, 0.3) is 0 Å². The summed E-state index contributed by atoms with van der Waals surface area (Å²) in [6, 6.07) is 9.92. The molecule has 0 bridgehead atoms. The summed E-state index contributed by atoms with van der Waals surface area (Å²) in [4.78, 5) is 15.5. The molecule has 1 aliphatic heterocycles. The number of anilines is 2. The second-order valence-corrected chi connectivity index (χ2v) is 8.13. The lowest BCUT2D eigenvalue weighted by molar-refractivity contribution is 0.436. The van der Waals surface area contributed by atoms with Crippen LogP contribution in [0.1, 0.15) is 39.7 Å². The van der Waals surface area contributed by atoms with Crippen LogP contribution in [0, 0.1) is 5.82 Å². The third-order valence-electron chi connectivity index (χ3n) is 5.46. The molecule has 0 aliphatic carbocycles. The van der Waals surface area contributed by atoms with E-state index in [4.69, 9.17) is 10.7 Å². The van der Waals surface area contributed by atoms with Crippen LogP contribution in [0.4, 0.5) is 15.9 Å². The number of benzene rings is 1. The van der Waals surface area contributed by atoms with Crippen LogP contribution in [0.15, 0.2) is 35.3 Å². The second-order valence-electron chi connectivity index (χ2n) is 8.13. The molecule has 1 aromatic carbocycles. The molecule has 1 fully saturated rings. The van der Waals surface area contributed by atoms with E-state index in [0.717, 1.165) is 30.8 Å². The highest BCUT2D eigenvalue weighted by Gasteiger charge is 2.24. The van der Waals surface area contributed by atoms with Crippen molar-refractivity contribution in [1.82, 2.24) is 15.3 Å². The first-order valence-corrected chi connectivity index (χ1v) is 11.4. The summed E-state index contributed by atoms with van der Waals surface area (Å²) in [7, 11) is 1.57. The Morgan fingerprint density at radius 1 is 1.21 bits per heavy atom. The maximum absolute atomic E-state index is 14.4. The van der Waals surface area contributed by atoms with E-state index >= 15 is 0 Å². The minimum atomic E-state index is -0.874. The zero-order valence-electron chi connectivity index (χ0n) is 19.9. The van der Waals surface area contributed by atoms with Gasteiger partial charge in [-0.1, -0.05) is 27.7 Å². The molecule has 33 heavy (non-hydrogen) atoms. The SMILES string of the molecule is CC.CN=Cc1cc(-c2ccc3nc(N4CCC(NC(C)C)C4)ccc3n2)c(O)c(F)c1N. The Kier molecular flexibility index (Phi) is 7.81. The summed E-state index contributed by atoms with van der Waals surface area (Å²) < 4.78 is 14.4. The number of hydrogen-bond donors (Lipinski definition) is 3. The smallest absolute Gasteiger partial charge is 0.189 e. The van der Waals surface area contributed by atoms with Crippen LogP contribution in [-0.2, 0) is 0 Å². The lowest BCUT2D eigenvalue weighted by Crippen LogP contribution is -2.37. The van der Waals surface area contributed by atoms with Gasteiger partial charge < -0.3 is 21.1 Å². The number of phenolic OH excluding ortho intramolecular Hbond substituents is 1. The van der Waals surface area contributed by atoms with E-state index in [0.29, 0.717) is 28.9 Å². The number of nitrogen functional groups attached to an aromatic ring is 1. The van der Waals surface area contributed by atoms with Crippen molar-refractivity contribution in [1.29, 1.82) is 0 Å². The fourth-order valence-corrected chi connectivity index (χ4v) is 4.02. The van der Waals surface area contributed by atoms with Crippen LogP contribution >= 0.6 is 0 Å². The first-order valence-electron chi connectivity index (χ1n) is 11.4. The molecule has 3 heterocycles. The lowest BCUT2D eigenvalue weighted by atomic mass is 10.0. The number of pyridine rings is 2. The minimum Gasteiger partial charge on any atom is -0.504 e. The van der Waals surface area contributed by atoms with Gasteiger partial charge in [0.05, 0.1) is 22.4 Å². The summed E-state index contributed by atoms with van der Waals surface area (Å²) in [5.41, 5.74) is 8.11. The molecule has 0 amide bonds. The van der Waals surface area contributed by atoms with Crippen molar-refractivity contribution in [3.8, 4) is 17.0 Å². The van der Waals surface area contributed by atoms with E-state index in [9.17, 15) is 9.50 Å². The fraction of sp³-hybridized carbons (Fsp3) is 0.400. The quantitative estimate of drug-likeness (QED) is 0.393. The molecule has 1 atom stereocenters. The Morgan fingerprint density at radius 3 is 2.61 bits per heavy atom. The Balaban J connectivity index is 0.00000149. The normalized spacial score (nSPS) is 16.0. The number of hydrogen-bond acceptors (Lipinski definition) is 7. The van der Waals surface area contributed by atoms with Crippen molar-refractivity contribution < 1.29 is 9.50 Å². The number of phenols is 1. The molecule has 1 aliphatic rings. The van der Waals surface area contributed by atoms with E-state index in [1.54, 1.807) is 19.2 Å². The number of rotatable bonds is 5. The van der Waals surface area contributed by atoms with Gasteiger partial charge in [0.2, 0.25) is 0 Å². The summed E-state index contributed by atoms with van der Waals surface area (Å²) >= 11 is 0. The summed E-state index contributed by atoms with van der Waals surface area (Å²) in [5, 5.41) is 13.9. The van der Waals surface area contributed by atoms with Gasteiger partial charge in [-0.3, -0.25) is 4.99 Å². The highest BCUT2D eigenvalue weighted by atomic mass is 19.1. The molecule has 0 radical (unpaired) electrons. The third-order valence-corrected chi connectivity index (χ3v) is 5.46. The molecular formula is C25H33FN6O. The number of nitrogens with two attached hydrogens (primary N) is 1.